The Balaban J connectivity index is 2.18. The first-order valence-electron chi connectivity index (χ1n) is 6.73. The zero-order valence-electron chi connectivity index (χ0n) is 13.1. The average molecular weight is 315 g/mol. The highest BCUT2D eigenvalue weighted by molar-refractivity contribution is 5.95. The van der Waals surface area contributed by atoms with Crippen molar-refractivity contribution in [1.29, 1.82) is 0 Å². The molecule has 0 unspecified atom stereocenters. The summed E-state index contributed by atoms with van der Waals surface area (Å²) in [7, 11) is 4.58. The van der Waals surface area contributed by atoms with Crippen LogP contribution in [0, 0.1) is 0 Å². The van der Waals surface area contributed by atoms with E-state index in [-0.39, 0.29) is 5.91 Å². The van der Waals surface area contributed by atoms with Crippen molar-refractivity contribution in [3.8, 4) is 17.2 Å². The molecule has 7 heteroatoms. The lowest BCUT2D eigenvalue weighted by molar-refractivity contribution is 0.0955. The van der Waals surface area contributed by atoms with E-state index in [0.717, 1.165) is 0 Å². The van der Waals surface area contributed by atoms with E-state index in [4.69, 9.17) is 14.2 Å². The van der Waals surface area contributed by atoms with E-state index in [1.165, 1.54) is 32.8 Å². The summed E-state index contributed by atoms with van der Waals surface area (Å²) in [6.07, 6.45) is 4.55. The van der Waals surface area contributed by atoms with Gasteiger partial charge in [-0.05, 0) is 24.3 Å². The van der Waals surface area contributed by atoms with E-state index in [1.807, 2.05) is 0 Å². The first-order chi connectivity index (χ1) is 11.2. The normalized spacial score (nSPS) is 10.4. The van der Waals surface area contributed by atoms with Gasteiger partial charge in [0.15, 0.2) is 11.5 Å². The fourth-order valence-electron chi connectivity index (χ4n) is 1.95. The molecule has 0 fully saturated rings. The molecular formula is C16H17N3O4. The van der Waals surface area contributed by atoms with Gasteiger partial charge in [0.1, 0.15) is 0 Å². The van der Waals surface area contributed by atoms with Crippen molar-refractivity contribution < 1.29 is 19.0 Å². The number of pyridine rings is 1. The predicted octanol–water partition coefficient (Wildman–Crippen LogP) is 1.87. The number of carbonyl (C=O) groups is 1. The first kappa shape index (κ1) is 16.3. The highest BCUT2D eigenvalue weighted by Crippen LogP contribution is 2.38. The second-order valence-corrected chi connectivity index (χ2v) is 4.36. The third-order valence-corrected chi connectivity index (χ3v) is 3.05. The number of aromatic nitrogens is 1. The molecule has 1 aromatic heterocycles. The maximum atomic E-state index is 11.9. The molecule has 7 nitrogen and oxygen atoms in total. The van der Waals surface area contributed by atoms with Crippen LogP contribution in [0.1, 0.15) is 15.9 Å². The lowest BCUT2D eigenvalue weighted by Crippen LogP contribution is -2.17. The number of amides is 1. The summed E-state index contributed by atoms with van der Waals surface area (Å²) in [6.45, 7) is 0. The van der Waals surface area contributed by atoms with Crippen LogP contribution in [0.4, 0.5) is 0 Å². The van der Waals surface area contributed by atoms with E-state index in [0.29, 0.717) is 28.4 Å². The molecule has 0 bridgehead atoms. The molecule has 23 heavy (non-hydrogen) atoms. The smallest absolute Gasteiger partial charge is 0.271 e. The van der Waals surface area contributed by atoms with E-state index in [9.17, 15) is 4.79 Å². The van der Waals surface area contributed by atoms with Crippen LogP contribution in [0.25, 0.3) is 0 Å². The minimum absolute atomic E-state index is 0.330. The molecule has 2 aromatic rings. The highest BCUT2D eigenvalue weighted by Gasteiger charge is 2.14. The van der Waals surface area contributed by atoms with Crippen molar-refractivity contribution in [2.24, 2.45) is 5.10 Å². The van der Waals surface area contributed by atoms with Gasteiger partial charge in [-0.25, -0.2) is 5.43 Å². The van der Waals surface area contributed by atoms with Crippen LogP contribution in [-0.2, 0) is 0 Å². The first-order valence-corrected chi connectivity index (χ1v) is 6.73. The lowest BCUT2D eigenvalue weighted by atomic mass is 10.2. The minimum atomic E-state index is -0.330. The van der Waals surface area contributed by atoms with Crippen LogP contribution in [0.2, 0.25) is 0 Å². The van der Waals surface area contributed by atoms with Crippen LogP contribution in [0.15, 0.2) is 41.8 Å². The number of methoxy groups -OCH3 is 3. The van der Waals surface area contributed by atoms with Gasteiger partial charge in [0.25, 0.3) is 5.91 Å². The number of hydrogen-bond acceptors (Lipinski definition) is 6. The third kappa shape index (κ3) is 3.76. The summed E-state index contributed by atoms with van der Waals surface area (Å²) in [5, 5.41) is 3.94. The van der Waals surface area contributed by atoms with Crippen molar-refractivity contribution in [3.63, 3.8) is 0 Å². The van der Waals surface area contributed by atoms with Crippen LogP contribution in [0.5, 0.6) is 17.2 Å². The number of benzene rings is 1. The number of ether oxygens (including phenoxy) is 3. The molecule has 0 saturated heterocycles. The van der Waals surface area contributed by atoms with E-state index < -0.39 is 0 Å². The molecule has 1 amide bonds. The molecule has 0 spiro atoms. The lowest BCUT2D eigenvalue weighted by Gasteiger charge is -2.13. The number of carbonyl (C=O) groups excluding carboxylic acids is 1. The molecule has 1 aromatic carbocycles. The van der Waals surface area contributed by atoms with E-state index in [1.54, 1.807) is 31.4 Å². The van der Waals surface area contributed by atoms with Crippen molar-refractivity contribution in [2.45, 2.75) is 0 Å². The van der Waals surface area contributed by atoms with Crippen molar-refractivity contribution >= 4 is 12.1 Å². The molecule has 0 saturated carbocycles. The second kappa shape index (κ2) is 7.79. The Bertz CT molecular complexity index is 702. The molecule has 0 aliphatic carbocycles. The summed E-state index contributed by atoms with van der Waals surface area (Å²) in [4.78, 5) is 15.7. The number of rotatable bonds is 6. The van der Waals surface area contributed by atoms with Crippen LogP contribution in [0.3, 0.4) is 0 Å². The molecule has 1 N–H and O–H groups in total. The molecule has 0 radical (unpaired) electrons. The zero-order valence-corrected chi connectivity index (χ0v) is 13.1. The maximum absolute atomic E-state index is 11.9. The maximum Gasteiger partial charge on any atom is 0.271 e. The molecule has 0 aliphatic rings. The van der Waals surface area contributed by atoms with Gasteiger partial charge in [0, 0.05) is 23.5 Å². The standard InChI is InChI=1S/C16H17N3O4/c1-21-13-5-4-12(14(22-2)15(13)23-3)10-18-19-16(20)11-6-8-17-9-7-11/h4-10H,1-3H3,(H,19,20)/b18-10-. The van der Waals surface area contributed by atoms with Crippen LogP contribution in [-0.4, -0.2) is 38.4 Å². The monoisotopic (exact) mass is 315 g/mol. The van der Waals surface area contributed by atoms with Gasteiger partial charge in [0.05, 0.1) is 27.5 Å². The van der Waals surface area contributed by atoms with Gasteiger partial charge in [-0.3, -0.25) is 9.78 Å². The van der Waals surface area contributed by atoms with Gasteiger partial charge in [0.2, 0.25) is 5.75 Å². The fourth-order valence-corrected chi connectivity index (χ4v) is 1.95. The molecular weight excluding hydrogens is 298 g/mol. The number of hydrazone groups is 1. The topological polar surface area (TPSA) is 82.0 Å². The molecule has 120 valence electrons. The Hall–Kier alpha value is -3.09. The molecule has 0 aliphatic heterocycles. The summed E-state index contributed by atoms with van der Waals surface area (Å²) in [6, 6.07) is 6.68. The molecule has 2 rings (SSSR count). The number of nitrogens with zero attached hydrogens (tertiary/aromatic N) is 2. The highest BCUT2D eigenvalue weighted by atomic mass is 16.5. The largest absolute Gasteiger partial charge is 0.493 e. The Kier molecular flexibility index (Phi) is 5.51. The van der Waals surface area contributed by atoms with Crippen LogP contribution < -0.4 is 19.6 Å². The molecule has 1 heterocycles. The zero-order chi connectivity index (χ0) is 16.7. The van der Waals surface area contributed by atoms with Gasteiger partial charge in [-0.2, -0.15) is 5.10 Å². The fraction of sp³-hybridized carbons (Fsp3) is 0.188. The third-order valence-electron chi connectivity index (χ3n) is 3.05. The SMILES string of the molecule is COc1ccc(/C=N\NC(=O)c2ccncc2)c(OC)c1OC. The Morgan fingerprint density at radius 2 is 1.74 bits per heavy atom. The van der Waals surface area contributed by atoms with Gasteiger partial charge in [-0.15, -0.1) is 0 Å². The number of hydrogen-bond donors (Lipinski definition) is 1. The number of nitrogens with one attached hydrogen (secondary N) is 1. The Labute approximate surface area is 133 Å². The van der Waals surface area contributed by atoms with Gasteiger partial charge >= 0.3 is 0 Å². The van der Waals surface area contributed by atoms with Crippen LogP contribution >= 0.6 is 0 Å². The van der Waals surface area contributed by atoms with Crippen molar-refractivity contribution in [2.75, 3.05) is 21.3 Å². The predicted molar refractivity (Wildman–Crippen MR) is 85.4 cm³/mol. The Morgan fingerprint density at radius 3 is 2.35 bits per heavy atom. The van der Waals surface area contributed by atoms with Gasteiger partial charge < -0.3 is 14.2 Å². The Morgan fingerprint density at radius 1 is 1.04 bits per heavy atom. The summed E-state index contributed by atoms with van der Waals surface area (Å²) in [5.74, 6) is 1.14. The van der Waals surface area contributed by atoms with E-state index >= 15 is 0 Å². The molecule has 0 atom stereocenters. The van der Waals surface area contributed by atoms with Crippen molar-refractivity contribution in [1.82, 2.24) is 10.4 Å². The minimum Gasteiger partial charge on any atom is -0.493 e. The summed E-state index contributed by atoms with van der Waals surface area (Å²) >= 11 is 0. The van der Waals surface area contributed by atoms with Crippen molar-refractivity contribution in [3.05, 3.63) is 47.8 Å². The average Bonchev–Trinajstić information content (AvgIpc) is 2.61. The quantitative estimate of drug-likeness (QED) is 0.650. The second-order valence-electron chi connectivity index (χ2n) is 4.36. The van der Waals surface area contributed by atoms with Gasteiger partial charge in [-0.1, -0.05) is 0 Å². The van der Waals surface area contributed by atoms with E-state index in [2.05, 4.69) is 15.5 Å². The summed E-state index contributed by atoms with van der Waals surface area (Å²) in [5.41, 5.74) is 3.55. The summed E-state index contributed by atoms with van der Waals surface area (Å²) < 4.78 is 15.8.